The molecule has 770 valence electrons. The van der Waals surface area contributed by atoms with Gasteiger partial charge in [-0.15, -0.1) is 0 Å². The minimum absolute atomic E-state index is 0.0271. The van der Waals surface area contributed by atoms with Gasteiger partial charge < -0.3 is 147 Å². The predicted octanol–water partition coefficient (Wildman–Crippen LogP) is -1.81. The molecule has 0 aromatic carbocycles. The number of methoxy groups -OCH3 is 2. The lowest BCUT2D eigenvalue weighted by molar-refractivity contribution is -0.158. The molecule has 46 nitrogen and oxygen atoms in total. The molecule has 46 heteroatoms. The van der Waals surface area contributed by atoms with E-state index in [2.05, 4.69) is 42.5 Å². The highest BCUT2D eigenvalue weighted by Crippen LogP contribution is 2.22. The second-order valence-electron chi connectivity index (χ2n) is 31.8. The zero-order valence-electron chi connectivity index (χ0n) is 80.1. The van der Waals surface area contributed by atoms with Crippen molar-refractivity contribution in [2.45, 2.75) is 167 Å². The molecule has 0 aliphatic carbocycles. The Hall–Kier alpha value is -8.34. The van der Waals surface area contributed by atoms with Crippen LogP contribution in [0.5, 0.6) is 0 Å². The number of unbranched alkanes of at least 4 members (excludes halogenated alkanes) is 2. The Bertz CT molecular complexity index is 3100. The standard InChI is InChI=1S/C88H152N10O36/c1-67(85(111)133-87(3,4)5)93-81(107)69(17-11-13-25-89-73(101)65-131-63-61-129-59-57-127-55-53-125-51-49-123-47-45-121-43-41-119-39-37-117-35-33-115-31-29-113-9)95-71(99)19-15-27-91-83(109)79(97-75(103)21-22-76(97)104)80(98-77(105)23-24-78(98)106)84(110)92-28-16-20-72(100)96-70(82(108)94-68(2)86(112)134-88(6,7)8)18-12-14-26-90-74(102)66-132-64-62-130-60-58-128-56-54-126-52-50-124-48-46-122-44-42-120-40-38-118-36-34-116-32-30-114-10/h21-24,67-70,79-80H,11-20,25-66H2,1-10H3,(H,89,101)(H,90,102)(H,91,109)(H,92,110)(H,93,107)(H,94,108)(H,95,99)(H,96,100)/t67-,68-,69-,70-,79-,80-/m0/s1. The van der Waals surface area contributed by atoms with Crippen molar-refractivity contribution in [1.82, 2.24) is 52.3 Å². The highest BCUT2D eigenvalue weighted by atomic mass is 16.6. The zero-order valence-corrected chi connectivity index (χ0v) is 80.1. The van der Waals surface area contributed by atoms with E-state index in [1.54, 1.807) is 55.8 Å². The molecule has 2 aliphatic heterocycles. The number of hydrogen-bond donors (Lipinski definition) is 8. The maximum Gasteiger partial charge on any atom is 0.328 e. The van der Waals surface area contributed by atoms with Gasteiger partial charge in [-0.3, -0.25) is 67.3 Å². The van der Waals surface area contributed by atoms with Crippen molar-refractivity contribution in [2.75, 3.05) is 291 Å². The summed E-state index contributed by atoms with van der Waals surface area (Å²) in [5.74, 6) is -12.0. The number of nitrogens with zero attached hydrogens (tertiary/aromatic N) is 2. The van der Waals surface area contributed by atoms with Crippen molar-refractivity contribution in [2.24, 2.45) is 0 Å². The first-order valence-corrected chi connectivity index (χ1v) is 45.7. The predicted molar refractivity (Wildman–Crippen MR) is 477 cm³/mol. The third-order valence-electron chi connectivity index (χ3n) is 18.1. The molecule has 2 rings (SSSR count). The highest BCUT2D eigenvalue weighted by molar-refractivity contribution is 6.19. The maximum atomic E-state index is 14.4. The van der Waals surface area contributed by atoms with Crippen LogP contribution >= 0.6 is 0 Å². The summed E-state index contributed by atoms with van der Waals surface area (Å²) in [5, 5.41) is 20.9. The van der Waals surface area contributed by atoms with Gasteiger partial charge >= 0.3 is 11.9 Å². The third kappa shape index (κ3) is 64.6. The SMILES string of the molecule is COCCOCCOCCOCCOCCOCCOCCOCCOCCOCC(=O)NCCCC[C@H](NC(=O)CCCNC(=O)[C@H]([C@@H](C(=O)NCCCC(=O)N[C@@H](CCCCNC(=O)COCCOCCOCCOCCOCCOCCOCCOCCOCCOC)C(=O)N[C@@H](C)C(=O)OC(C)(C)C)N1C(=O)C=CC1=O)N1C(=O)C=CC1=O)C(=O)N[C@@H](C)C(=O)OC(C)(C)C. The molecule has 0 fully saturated rings. The van der Waals surface area contributed by atoms with Gasteiger partial charge in [-0.1, -0.05) is 0 Å². The molecule has 6 atom stereocenters. The van der Waals surface area contributed by atoms with Crippen LogP contribution in [0.3, 0.4) is 0 Å². The Morgan fingerprint density at radius 1 is 0.276 bits per heavy atom. The average molecular weight is 1930 g/mol. The lowest BCUT2D eigenvalue weighted by atomic mass is 10.0. The average Bonchev–Trinajstić information content (AvgIpc) is 1.59. The van der Waals surface area contributed by atoms with Crippen LogP contribution < -0.4 is 42.5 Å². The number of amides is 12. The van der Waals surface area contributed by atoms with Gasteiger partial charge in [0.15, 0.2) is 0 Å². The van der Waals surface area contributed by atoms with Crippen LogP contribution in [0.2, 0.25) is 0 Å². The number of esters is 2. The molecule has 134 heavy (non-hydrogen) atoms. The van der Waals surface area contributed by atoms with E-state index in [9.17, 15) is 67.1 Å². The largest absolute Gasteiger partial charge is 0.458 e. The molecule has 0 saturated carbocycles. The van der Waals surface area contributed by atoms with Crippen molar-refractivity contribution in [3.63, 3.8) is 0 Å². The second kappa shape index (κ2) is 78.7. The van der Waals surface area contributed by atoms with Crippen LogP contribution in [0, 0.1) is 0 Å². The van der Waals surface area contributed by atoms with Gasteiger partial charge in [-0.2, -0.15) is 0 Å². The van der Waals surface area contributed by atoms with Crippen LogP contribution in [0.25, 0.3) is 0 Å². The topological polar surface area (TPSA) is 545 Å². The number of nitrogens with one attached hydrogen (secondary N) is 8. The van der Waals surface area contributed by atoms with Gasteiger partial charge in [-0.05, 0) is 107 Å². The summed E-state index contributed by atoms with van der Waals surface area (Å²) in [6.45, 7) is 26.1. The van der Waals surface area contributed by atoms with E-state index >= 15 is 0 Å². The molecule has 12 amide bonds. The van der Waals surface area contributed by atoms with Gasteiger partial charge in [-0.25, -0.2) is 9.59 Å². The maximum absolute atomic E-state index is 14.4. The molecule has 0 spiro atoms. The normalized spacial score (nSPS) is 14.0. The second-order valence-corrected chi connectivity index (χ2v) is 31.8. The zero-order chi connectivity index (χ0) is 98.5. The quantitative estimate of drug-likeness (QED) is 0.0189. The molecule has 2 heterocycles. The molecule has 0 radical (unpaired) electrons. The fraction of sp³-hybridized carbons (Fsp3) is 0.795. The first-order chi connectivity index (χ1) is 64.5. The Labute approximate surface area is 786 Å². The van der Waals surface area contributed by atoms with E-state index in [0.717, 1.165) is 24.3 Å². The molecule has 0 aromatic rings. The van der Waals surface area contributed by atoms with Crippen molar-refractivity contribution >= 4 is 82.8 Å². The fourth-order valence-corrected chi connectivity index (χ4v) is 11.5. The first-order valence-electron chi connectivity index (χ1n) is 45.7. The smallest absolute Gasteiger partial charge is 0.328 e. The van der Waals surface area contributed by atoms with E-state index in [0.29, 0.717) is 221 Å². The summed E-state index contributed by atoms with van der Waals surface area (Å²) in [7, 11) is 3.24. The van der Waals surface area contributed by atoms with Crippen molar-refractivity contribution in [1.29, 1.82) is 0 Å². The highest BCUT2D eigenvalue weighted by Gasteiger charge is 2.50. The van der Waals surface area contributed by atoms with Crippen molar-refractivity contribution in [3.8, 4) is 0 Å². The van der Waals surface area contributed by atoms with Gasteiger partial charge in [0, 0.05) is 77.5 Å². The van der Waals surface area contributed by atoms with Crippen molar-refractivity contribution in [3.05, 3.63) is 24.3 Å². The fourth-order valence-electron chi connectivity index (χ4n) is 11.5. The minimum atomic E-state index is -2.21. The van der Waals surface area contributed by atoms with Crippen LogP contribution in [0.4, 0.5) is 0 Å². The number of rotatable bonds is 89. The van der Waals surface area contributed by atoms with Crippen molar-refractivity contribution < 1.29 is 171 Å². The first kappa shape index (κ1) is 122. The van der Waals surface area contributed by atoms with E-state index in [1.807, 2.05) is 0 Å². The lowest BCUT2D eigenvalue weighted by Crippen LogP contribution is -2.66. The van der Waals surface area contributed by atoms with Crippen LogP contribution in [-0.4, -0.2) is 432 Å². The Balaban J connectivity index is 1.86. The summed E-state index contributed by atoms with van der Waals surface area (Å²) in [5.41, 5.74) is -1.79. The summed E-state index contributed by atoms with van der Waals surface area (Å²) in [6.07, 6.45) is 3.48. The lowest BCUT2D eigenvalue weighted by Gasteiger charge is -2.35. The molecule has 0 aromatic heterocycles. The summed E-state index contributed by atoms with van der Waals surface area (Å²) >= 11 is 0. The van der Waals surface area contributed by atoms with Gasteiger partial charge in [0.05, 0.1) is 238 Å². The number of ether oxygens (including phenoxy) is 22. The van der Waals surface area contributed by atoms with Crippen LogP contribution in [0.1, 0.15) is 120 Å². The summed E-state index contributed by atoms with van der Waals surface area (Å²) in [4.78, 5) is 189. The summed E-state index contributed by atoms with van der Waals surface area (Å²) < 4.78 is 119. The Kier molecular flexibility index (Phi) is 71.5. The van der Waals surface area contributed by atoms with E-state index in [-0.39, 0.29) is 130 Å². The van der Waals surface area contributed by atoms with Gasteiger partial charge in [0.25, 0.3) is 23.6 Å². The molecular weight excluding hydrogens is 1770 g/mol. The van der Waals surface area contributed by atoms with E-state index < -0.39 is 130 Å². The Morgan fingerprint density at radius 3 is 0.716 bits per heavy atom. The minimum Gasteiger partial charge on any atom is -0.458 e. The third-order valence-corrected chi connectivity index (χ3v) is 18.1. The van der Waals surface area contributed by atoms with Crippen LogP contribution in [-0.2, 0) is 171 Å². The van der Waals surface area contributed by atoms with Gasteiger partial charge in [0.1, 0.15) is 60.7 Å². The van der Waals surface area contributed by atoms with Gasteiger partial charge in [0.2, 0.25) is 47.3 Å². The molecular formula is C88H152N10O36. The number of carbonyl (C=O) groups excluding carboxylic acids is 14. The molecule has 0 unspecified atom stereocenters. The molecule has 2 aliphatic rings. The Morgan fingerprint density at radius 2 is 0.493 bits per heavy atom. The number of imide groups is 2. The number of hydrogen-bond acceptors (Lipinski definition) is 36. The molecule has 8 N–H and O–H groups in total. The van der Waals surface area contributed by atoms with Crippen LogP contribution in [0.15, 0.2) is 24.3 Å². The number of carbonyl (C=O) groups is 14. The monoisotopic (exact) mass is 1930 g/mol. The molecule has 0 bridgehead atoms. The van der Waals surface area contributed by atoms with E-state index in [4.69, 9.17) is 104 Å². The van der Waals surface area contributed by atoms with E-state index in [1.165, 1.54) is 13.8 Å². The summed E-state index contributed by atoms with van der Waals surface area (Å²) in [6, 6.07) is -9.17. The molecule has 0 saturated heterocycles.